The molecule has 0 radical (unpaired) electrons. The molecule has 0 aliphatic heterocycles. The zero-order valence-electron chi connectivity index (χ0n) is 9.02. The molecule has 0 aliphatic carbocycles. The largest absolute Gasteiger partial charge is 0.465 e. The standard InChI is InChI=1S/C12H9Cl3O2/c1-2-17-11(16)5-3-4-8-6-9(13)12(15)10(14)7-8/h6-7H,2,5H2,1H3. The van der Waals surface area contributed by atoms with Gasteiger partial charge in [0.2, 0.25) is 0 Å². The monoisotopic (exact) mass is 290 g/mol. The zero-order chi connectivity index (χ0) is 12.8. The number of benzene rings is 1. The van der Waals surface area contributed by atoms with Crippen molar-refractivity contribution < 1.29 is 9.53 Å². The fourth-order valence-electron chi connectivity index (χ4n) is 1.06. The topological polar surface area (TPSA) is 26.3 Å². The highest BCUT2D eigenvalue weighted by atomic mass is 35.5. The maximum atomic E-state index is 11.0. The lowest BCUT2D eigenvalue weighted by atomic mass is 10.2. The molecule has 0 N–H and O–H groups in total. The Bertz CT molecular complexity index is 463. The lowest BCUT2D eigenvalue weighted by Gasteiger charge is -1.99. The predicted octanol–water partition coefficient (Wildman–Crippen LogP) is 3.95. The quantitative estimate of drug-likeness (QED) is 0.468. The van der Waals surface area contributed by atoms with Gasteiger partial charge in [-0.1, -0.05) is 46.6 Å². The summed E-state index contributed by atoms with van der Waals surface area (Å²) in [6, 6.07) is 3.18. The van der Waals surface area contributed by atoms with Gasteiger partial charge in [0.25, 0.3) is 0 Å². The van der Waals surface area contributed by atoms with Gasteiger partial charge in [-0.25, -0.2) is 0 Å². The van der Waals surface area contributed by atoms with Gasteiger partial charge in [0.05, 0.1) is 21.7 Å². The molecule has 0 atom stereocenters. The van der Waals surface area contributed by atoms with E-state index >= 15 is 0 Å². The van der Waals surface area contributed by atoms with E-state index in [1.54, 1.807) is 19.1 Å². The number of carbonyl (C=O) groups is 1. The SMILES string of the molecule is CCOC(=O)CC#Cc1cc(Cl)c(Cl)c(Cl)c1. The molecule has 0 heterocycles. The third-order valence-electron chi connectivity index (χ3n) is 1.75. The van der Waals surface area contributed by atoms with E-state index in [1.807, 2.05) is 0 Å². The van der Waals surface area contributed by atoms with Gasteiger partial charge >= 0.3 is 5.97 Å². The molecule has 0 unspecified atom stereocenters. The fourth-order valence-corrected chi connectivity index (χ4v) is 1.65. The maximum Gasteiger partial charge on any atom is 0.317 e. The van der Waals surface area contributed by atoms with Crippen LogP contribution in [0.5, 0.6) is 0 Å². The van der Waals surface area contributed by atoms with Crippen LogP contribution >= 0.6 is 34.8 Å². The van der Waals surface area contributed by atoms with Crippen molar-refractivity contribution in [3.8, 4) is 11.8 Å². The molecule has 0 bridgehead atoms. The minimum Gasteiger partial charge on any atom is -0.465 e. The van der Waals surface area contributed by atoms with Crippen LogP contribution in [0.4, 0.5) is 0 Å². The number of hydrogen-bond acceptors (Lipinski definition) is 2. The van der Waals surface area contributed by atoms with E-state index in [4.69, 9.17) is 39.5 Å². The van der Waals surface area contributed by atoms with Crippen molar-refractivity contribution in [3.63, 3.8) is 0 Å². The van der Waals surface area contributed by atoms with Crippen LogP contribution in [0, 0.1) is 11.8 Å². The minimum atomic E-state index is -0.355. The van der Waals surface area contributed by atoms with Crippen LogP contribution in [-0.2, 0) is 9.53 Å². The summed E-state index contributed by atoms with van der Waals surface area (Å²) in [6.07, 6.45) is 0.0334. The number of carbonyl (C=O) groups excluding carboxylic acids is 1. The summed E-state index contributed by atoms with van der Waals surface area (Å²) in [4.78, 5) is 11.0. The minimum absolute atomic E-state index is 0.0334. The Balaban J connectivity index is 2.76. The van der Waals surface area contributed by atoms with Gasteiger partial charge in [0.1, 0.15) is 6.42 Å². The number of halogens is 3. The molecule has 0 aromatic heterocycles. The first-order valence-electron chi connectivity index (χ1n) is 4.83. The van der Waals surface area contributed by atoms with E-state index < -0.39 is 0 Å². The second kappa shape index (κ2) is 6.76. The molecule has 0 aliphatic rings. The van der Waals surface area contributed by atoms with Gasteiger partial charge in [-0.2, -0.15) is 0 Å². The molecule has 0 spiro atoms. The van der Waals surface area contributed by atoms with Crippen molar-refractivity contribution in [1.82, 2.24) is 0 Å². The molecule has 90 valence electrons. The normalized spacial score (nSPS) is 9.41. The van der Waals surface area contributed by atoms with Crippen molar-refractivity contribution in [2.75, 3.05) is 6.61 Å². The average molecular weight is 292 g/mol. The van der Waals surface area contributed by atoms with Crippen molar-refractivity contribution in [2.45, 2.75) is 13.3 Å². The molecule has 1 aromatic rings. The number of esters is 1. The number of rotatable bonds is 2. The van der Waals surface area contributed by atoms with Crippen LogP contribution in [-0.4, -0.2) is 12.6 Å². The molecular weight excluding hydrogens is 282 g/mol. The van der Waals surface area contributed by atoms with Crippen molar-refractivity contribution >= 4 is 40.8 Å². The Morgan fingerprint density at radius 2 is 1.88 bits per heavy atom. The highest BCUT2D eigenvalue weighted by Gasteiger charge is 2.04. The van der Waals surface area contributed by atoms with Gasteiger partial charge in [0, 0.05) is 5.56 Å². The highest BCUT2D eigenvalue weighted by molar-refractivity contribution is 6.48. The summed E-state index contributed by atoms with van der Waals surface area (Å²) in [6.45, 7) is 2.09. The smallest absolute Gasteiger partial charge is 0.317 e. The van der Waals surface area contributed by atoms with Crippen molar-refractivity contribution in [1.29, 1.82) is 0 Å². The van der Waals surface area contributed by atoms with Crippen LogP contribution in [0.1, 0.15) is 18.9 Å². The summed E-state index contributed by atoms with van der Waals surface area (Å²) < 4.78 is 4.73. The summed E-state index contributed by atoms with van der Waals surface area (Å²) in [5.74, 6) is 5.08. The molecule has 1 rings (SSSR count). The first-order chi connectivity index (χ1) is 8.04. The van der Waals surface area contributed by atoms with Crippen LogP contribution in [0.15, 0.2) is 12.1 Å². The number of hydrogen-bond donors (Lipinski definition) is 0. The first-order valence-corrected chi connectivity index (χ1v) is 5.97. The van der Waals surface area contributed by atoms with E-state index in [2.05, 4.69) is 11.8 Å². The van der Waals surface area contributed by atoms with Crippen LogP contribution in [0.3, 0.4) is 0 Å². The zero-order valence-corrected chi connectivity index (χ0v) is 11.3. The van der Waals surface area contributed by atoms with Crippen molar-refractivity contribution in [2.24, 2.45) is 0 Å². The second-order valence-electron chi connectivity index (χ2n) is 3.04. The Morgan fingerprint density at radius 1 is 1.29 bits per heavy atom. The van der Waals surface area contributed by atoms with Crippen LogP contribution < -0.4 is 0 Å². The molecule has 17 heavy (non-hydrogen) atoms. The average Bonchev–Trinajstić information content (AvgIpc) is 2.26. The lowest BCUT2D eigenvalue weighted by Crippen LogP contribution is -2.01. The molecule has 5 heteroatoms. The maximum absolute atomic E-state index is 11.0. The van der Waals surface area contributed by atoms with Crippen LogP contribution in [0.25, 0.3) is 0 Å². The summed E-state index contributed by atoms with van der Waals surface area (Å²) in [7, 11) is 0. The van der Waals surface area contributed by atoms with Gasteiger partial charge in [-0.05, 0) is 19.1 Å². The van der Waals surface area contributed by atoms with E-state index in [0.717, 1.165) is 0 Å². The van der Waals surface area contributed by atoms with Crippen molar-refractivity contribution in [3.05, 3.63) is 32.8 Å². The molecule has 0 saturated heterocycles. The lowest BCUT2D eigenvalue weighted by molar-refractivity contribution is -0.141. The Labute approximate surface area is 115 Å². The van der Waals surface area contributed by atoms with Crippen LogP contribution in [0.2, 0.25) is 15.1 Å². The highest BCUT2D eigenvalue weighted by Crippen LogP contribution is 2.30. The summed E-state index contributed by atoms with van der Waals surface area (Å²) in [5.41, 5.74) is 0.605. The number of ether oxygens (including phenoxy) is 1. The van der Waals surface area contributed by atoms with Gasteiger partial charge < -0.3 is 4.74 Å². The van der Waals surface area contributed by atoms with E-state index in [9.17, 15) is 4.79 Å². The van der Waals surface area contributed by atoms with Gasteiger partial charge in [-0.3, -0.25) is 4.79 Å². The van der Waals surface area contributed by atoms with Gasteiger partial charge in [0.15, 0.2) is 0 Å². The Hall–Kier alpha value is -0.880. The molecule has 0 amide bonds. The molecular formula is C12H9Cl3O2. The summed E-state index contributed by atoms with van der Waals surface area (Å²) >= 11 is 17.5. The molecule has 0 fully saturated rings. The molecule has 2 nitrogen and oxygen atoms in total. The van der Waals surface area contributed by atoms with E-state index in [0.29, 0.717) is 27.2 Å². The molecule has 0 saturated carbocycles. The Morgan fingerprint density at radius 3 is 2.41 bits per heavy atom. The summed E-state index contributed by atoms with van der Waals surface area (Å²) in [5, 5.41) is 0.962. The third kappa shape index (κ3) is 4.47. The second-order valence-corrected chi connectivity index (χ2v) is 4.23. The predicted molar refractivity (Wildman–Crippen MR) is 69.6 cm³/mol. The Kier molecular flexibility index (Phi) is 5.64. The van der Waals surface area contributed by atoms with Gasteiger partial charge in [-0.15, -0.1) is 0 Å². The fraction of sp³-hybridized carbons (Fsp3) is 0.250. The first kappa shape index (κ1) is 14.2. The van der Waals surface area contributed by atoms with E-state index in [-0.39, 0.29) is 12.4 Å². The molecule has 1 aromatic carbocycles. The third-order valence-corrected chi connectivity index (χ3v) is 2.95. The van der Waals surface area contributed by atoms with E-state index in [1.165, 1.54) is 0 Å².